The Hall–Kier alpha value is -0.800. The molecule has 25 heavy (non-hydrogen) atoms. The number of benzene rings is 1. The van der Waals surface area contributed by atoms with Crippen LogP contribution in [0.15, 0.2) is 18.2 Å². The highest BCUT2D eigenvalue weighted by molar-refractivity contribution is 7.15. The Kier molecular flexibility index (Phi) is 4.65. The van der Waals surface area contributed by atoms with Crippen molar-refractivity contribution in [1.29, 1.82) is 0 Å². The average Bonchev–Trinajstić information content (AvgIpc) is 2.82. The third-order valence-electron chi connectivity index (χ3n) is 3.65. The number of hydrogen-bond donors (Lipinski definition) is 1. The molecular weight excluding hydrogens is 445 g/mol. The van der Waals surface area contributed by atoms with Crippen molar-refractivity contribution in [3.8, 4) is 0 Å². The van der Waals surface area contributed by atoms with E-state index in [9.17, 15) is 18.0 Å². The largest absolute Gasteiger partial charge is 0.445 e. The number of amides is 1. The summed E-state index contributed by atoms with van der Waals surface area (Å²) in [7, 11) is 0. The zero-order valence-electron chi connectivity index (χ0n) is 11.8. The third-order valence-corrected chi connectivity index (χ3v) is 6.00. The highest BCUT2D eigenvalue weighted by Crippen LogP contribution is 2.66. The minimum Gasteiger partial charge on any atom is -0.300 e. The molecule has 1 aromatic heterocycles. The molecule has 12 heteroatoms. The first-order valence-corrected chi connectivity index (χ1v) is 8.86. The van der Waals surface area contributed by atoms with Gasteiger partial charge in [-0.2, -0.15) is 13.2 Å². The van der Waals surface area contributed by atoms with Gasteiger partial charge < -0.3 is 0 Å². The van der Waals surface area contributed by atoms with Gasteiger partial charge in [-0.25, -0.2) is 0 Å². The van der Waals surface area contributed by atoms with Gasteiger partial charge in [0.05, 0.1) is 0 Å². The topological polar surface area (TPSA) is 54.9 Å². The Labute approximate surface area is 163 Å². The van der Waals surface area contributed by atoms with E-state index >= 15 is 0 Å². The van der Waals surface area contributed by atoms with Gasteiger partial charge >= 0.3 is 6.18 Å². The Balaban J connectivity index is 1.92. The second-order valence-electron chi connectivity index (χ2n) is 5.27. The smallest absolute Gasteiger partial charge is 0.300 e. The molecule has 0 spiro atoms. The van der Waals surface area contributed by atoms with Gasteiger partial charge in [0.25, 0.3) is 0 Å². The monoisotopic (exact) mass is 449 g/mol. The summed E-state index contributed by atoms with van der Waals surface area (Å²) in [6, 6.07) is 4.42. The van der Waals surface area contributed by atoms with Crippen molar-refractivity contribution in [1.82, 2.24) is 10.2 Å². The molecule has 134 valence electrons. The van der Waals surface area contributed by atoms with Crippen LogP contribution in [0.4, 0.5) is 18.3 Å². The zero-order chi connectivity index (χ0) is 18.6. The van der Waals surface area contributed by atoms with E-state index in [2.05, 4.69) is 15.5 Å². The summed E-state index contributed by atoms with van der Waals surface area (Å²) in [5.41, 5.74) is -1.11. The number of carbonyl (C=O) groups excluding carboxylic acids is 1. The van der Waals surface area contributed by atoms with Crippen molar-refractivity contribution in [3.63, 3.8) is 0 Å². The number of aromatic nitrogens is 2. The fourth-order valence-electron chi connectivity index (χ4n) is 2.38. The second kappa shape index (κ2) is 6.13. The lowest BCUT2D eigenvalue weighted by atomic mass is 9.94. The van der Waals surface area contributed by atoms with Gasteiger partial charge in [0.1, 0.15) is 9.75 Å². The van der Waals surface area contributed by atoms with E-state index in [0.29, 0.717) is 10.6 Å². The summed E-state index contributed by atoms with van der Waals surface area (Å²) < 4.78 is 36.3. The van der Waals surface area contributed by atoms with Crippen LogP contribution in [0, 0.1) is 0 Å². The molecule has 1 saturated carbocycles. The minimum atomic E-state index is -4.65. The number of alkyl halides is 5. The maximum Gasteiger partial charge on any atom is 0.445 e. The van der Waals surface area contributed by atoms with E-state index in [1.807, 2.05) is 0 Å². The molecule has 1 aliphatic carbocycles. The lowest BCUT2D eigenvalue weighted by Gasteiger charge is -2.19. The predicted octanol–water partition coefficient (Wildman–Crippen LogP) is 5.32. The van der Waals surface area contributed by atoms with Gasteiger partial charge in [-0.05, 0) is 17.7 Å². The first-order chi connectivity index (χ1) is 11.5. The molecule has 1 amide bonds. The van der Waals surface area contributed by atoms with Gasteiger partial charge in [0.15, 0.2) is 0 Å². The number of nitrogens with one attached hydrogen (secondary N) is 1. The summed E-state index contributed by atoms with van der Waals surface area (Å²) >= 11 is 24.5. The van der Waals surface area contributed by atoms with Crippen molar-refractivity contribution in [2.75, 3.05) is 5.32 Å². The van der Waals surface area contributed by atoms with Crippen molar-refractivity contribution >= 4 is 68.8 Å². The van der Waals surface area contributed by atoms with Crippen LogP contribution in [0.1, 0.15) is 17.0 Å². The molecule has 1 aliphatic rings. The van der Waals surface area contributed by atoms with Crippen LogP contribution in [0.25, 0.3) is 0 Å². The van der Waals surface area contributed by atoms with E-state index in [4.69, 9.17) is 46.4 Å². The van der Waals surface area contributed by atoms with E-state index in [-0.39, 0.29) is 27.9 Å². The maximum atomic E-state index is 12.7. The molecule has 2 aromatic rings. The number of anilines is 1. The average molecular weight is 451 g/mol. The maximum absolute atomic E-state index is 12.7. The molecule has 0 saturated heterocycles. The van der Waals surface area contributed by atoms with Gasteiger partial charge in [-0.3, -0.25) is 10.1 Å². The van der Waals surface area contributed by atoms with E-state index in [1.165, 1.54) is 18.2 Å². The molecule has 1 aromatic carbocycles. The van der Waals surface area contributed by atoms with Crippen molar-refractivity contribution < 1.29 is 18.0 Å². The molecule has 0 aliphatic heterocycles. The number of rotatable bonds is 3. The molecule has 1 unspecified atom stereocenters. The van der Waals surface area contributed by atoms with Crippen LogP contribution in [0.3, 0.4) is 0 Å². The summed E-state index contributed by atoms with van der Waals surface area (Å²) in [5.74, 6) is -0.730. The Bertz CT molecular complexity index is 857. The second-order valence-corrected chi connectivity index (χ2v) is 8.58. The van der Waals surface area contributed by atoms with E-state index < -0.39 is 26.8 Å². The molecular formula is C13H6Cl4F3N3OS. The number of hydrogen-bond acceptors (Lipinski definition) is 4. The predicted molar refractivity (Wildman–Crippen MR) is 90.7 cm³/mol. The lowest BCUT2D eigenvalue weighted by molar-refractivity contribution is -0.138. The molecule has 1 fully saturated rings. The van der Waals surface area contributed by atoms with Gasteiger partial charge in [-0.1, -0.05) is 40.6 Å². The fraction of sp³-hybridized carbons (Fsp3) is 0.308. The van der Waals surface area contributed by atoms with Gasteiger partial charge in [0, 0.05) is 16.5 Å². The molecule has 0 bridgehead atoms. The van der Waals surface area contributed by atoms with Gasteiger partial charge in [-0.15, -0.1) is 33.4 Å². The third kappa shape index (κ3) is 3.30. The lowest BCUT2D eigenvalue weighted by Crippen LogP contribution is -2.32. The van der Waals surface area contributed by atoms with Gasteiger partial charge in [0.2, 0.25) is 16.0 Å². The van der Waals surface area contributed by atoms with Crippen molar-refractivity contribution in [3.05, 3.63) is 38.8 Å². The van der Waals surface area contributed by atoms with Crippen LogP contribution in [-0.2, 0) is 16.4 Å². The standard InChI is InChI=1S/C13H6Cl4F3N3OS/c14-5-1-2-6(7(15)3-5)11(4-12(11,16)17)8(24)21-10-23-22-9(25-10)13(18,19)20/h1-3H,4H2,(H,21,23,24). The number of nitrogens with zero attached hydrogens (tertiary/aromatic N) is 2. The molecule has 1 atom stereocenters. The first-order valence-electron chi connectivity index (χ1n) is 6.53. The van der Waals surface area contributed by atoms with Crippen molar-refractivity contribution in [2.45, 2.75) is 22.3 Å². The number of halogens is 7. The quantitative estimate of drug-likeness (QED) is 0.644. The number of carbonyl (C=O) groups is 1. The SMILES string of the molecule is O=C(Nc1nnc(C(F)(F)F)s1)C1(c2ccc(Cl)cc2Cl)CC1(Cl)Cl. The fourth-order valence-corrected chi connectivity index (χ4v) is 4.33. The Morgan fingerprint density at radius 1 is 1.24 bits per heavy atom. The summed E-state index contributed by atoms with van der Waals surface area (Å²) in [5, 5.41) is 7.61. The molecule has 1 N–H and O–H groups in total. The molecule has 4 nitrogen and oxygen atoms in total. The zero-order valence-corrected chi connectivity index (χ0v) is 15.6. The minimum absolute atomic E-state index is 0.0290. The van der Waals surface area contributed by atoms with Crippen LogP contribution in [0.2, 0.25) is 10.0 Å². The molecule has 1 heterocycles. The highest BCUT2D eigenvalue weighted by atomic mass is 35.5. The Morgan fingerprint density at radius 3 is 2.36 bits per heavy atom. The summed E-state index contributed by atoms with van der Waals surface area (Å²) in [4.78, 5) is 12.7. The highest BCUT2D eigenvalue weighted by Gasteiger charge is 2.72. The molecule has 0 radical (unpaired) electrons. The van der Waals surface area contributed by atoms with Crippen molar-refractivity contribution in [2.24, 2.45) is 0 Å². The van der Waals surface area contributed by atoms with E-state index in [0.717, 1.165) is 0 Å². The normalized spacial score (nSPS) is 21.9. The summed E-state index contributed by atoms with van der Waals surface area (Å²) in [6.07, 6.45) is -4.62. The summed E-state index contributed by atoms with van der Waals surface area (Å²) in [6.45, 7) is 0. The molecule has 3 rings (SSSR count). The first kappa shape index (κ1) is 19.0. The van der Waals surface area contributed by atoms with Crippen LogP contribution in [-0.4, -0.2) is 20.4 Å². The van der Waals surface area contributed by atoms with E-state index in [1.54, 1.807) is 0 Å². The van der Waals surface area contributed by atoms with Crippen LogP contribution in [0.5, 0.6) is 0 Å². The van der Waals surface area contributed by atoms with Crippen LogP contribution >= 0.6 is 57.7 Å². The Morgan fingerprint density at radius 2 is 1.88 bits per heavy atom. The van der Waals surface area contributed by atoms with Crippen LogP contribution < -0.4 is 5.32 Å².